The second kappa shape index (κ2) is 6.24. The molecule has 0 amide bonds. The minimum absolute atomic E-state index is 0.535. The number of nitrogens with zero attached hydrogens (tertiary/aromatic N) is 1. The van der Waals surface area contributed by atoms with Gasteiger partial charge in [-0.05, 0) is 24.0 Å². The fourth-order valence-corrected chi connectivity index (χ4v) is 1.89. The fourth-order valence-electron chi connectivity index (χ4n) is 1.89. The largest absolute Gasteiger partial charge is 0.444 e. The predicted molar refractivity (Wildman–Crippen MR) is 72.1 cm³/mol. The van der Waals surface area contributed by atoms with E-state index in [-0.39, 0.29) is 0 Å². The van der Waals surface area contributed by atoms with Gasteiger partial charge >= 0.3 is 0 Å². The number of aromatic nitrogens is 1. The average Bonchev–Trinajstić information content (AvgIpc) is 2.85. The minimum atomic E-state index is 0.535. The van der Waals surface area contributed by atoms with Crippen molar-refractivity contribution in [1.82, 2.24) is 4.98 Å². The van der Waals surface area contributed by atoms with Crippen LogP contribution in [0.5, 0.6) is 0 Å². The highest BCUT2D eigenvalue weighted by Crippen LogP contribution is 2.28. The number of rotatable bonds is 2. The Morgan fingerprint density at radius 3 is 2.41 bits per heavy atom. The van der Waals surface area contributed by atoms with Gasteiger partial charge in [-0.1, -0.05) is 45.9 Å². The van der Waals surface area contributed by atoms with Gasteiger partial charge in [-0.2, -0.15) is 0 Å². The Labute approximate surface area is 104 Å². The van der Waals surface area contributed by atoms with Crippen LogP contribution in [0.2, 0.25) is 0 Å². The van der Waals surface area contributed by atoms with Crippen molar-refractivity contribution < 1.29 is 4.42 Å². The van der Waals surface area contributed by atoms with Crippen molar-refractivity contribution in [3.05, 3.63) is 41.9 Å². The highest BCUT2D eigenvalue weighted by Gasteiger charge is 2.10. The Bertz CT molecular complexity index is 444. The molecular weight excluding hydrogens is 210 g/mol. The van der Waals surface area contributed by atoms with Crippen molar-refractivity contribution in [2.45, 2.75) is 40.5 Å². The summed E-state index contributed by atoms with van der Waals surface area (Å²) >= 11 is 0. The van der Waals surface area contributed by atoms with Crippen LogP contribution < -0.4 is 0 Å². The van der Waals surface area contributed by atoms with Crippen LogP contribution >= 0.6 is 0 Å². The van der Waals surface area contributed by atoms with Gasteiger partial charge in [-0.3, -0.25) is 0 Å². The first kappa shape index (κ1) is 13.5. The third-order valence-electron chi connectivity index (χ3n) is 2.70. The summed E-state index contributed by atoms with van der Waals surface area (Å²) < 4.78 is 5.32. The average molecular weight is 231 g/mol. The van der Waals surface area contributed by atoms with Gasteiger partial charge < -0.3 is 4.42 Å². The van der Waals surface area contributed by atoms with E-state index in [2.05, 4.69) is 44.0 Å². The van der Waals surface area contributed by atoms with E-state index < -0.39 is 0 Å². The number of oxazole rings is 1. The van der Waals surface area contributed by atoms with Crippen molar-refractivity contribution in [3.63, 3.8) is 0 Å². The first-order chi connectivity index (χ1) is 8.20. The molecule has 92 valence electrons. The monoisotopic (exact) mass is 231 g/mol. The SMILES string of the molecule is CC.Cc1c(-c2cnco2)cccc1C(C)C. The molecule has 1 heterocycles. The molecule has 0 spiro atoms. The van der Waals surface area contributed by atoms with Crippen molar-refractivity contribution in [1.29, 1.82) is 0 Å². The van der Waals surface area contributed by atoms with E-state index in [0.717, 1.165) is 11.3 Å². The van der Waals surface area contributed by atoms with Crippen LogP contribution in [0.3, 0.4) is 0 Å². The first-order valence-corrected chi connectivity index (χ1v) is 6.18. The van der Waals surface area contributed by atoms with E-state index in [0.29, 0.717) is 5.92 Å². The quantitative estimate of drug-likeness (QED) is 0.742. The number of hydrogen-bond acceptors (Lipinski definition) is 2. The van der Waals surface area contributed by atoms with Gasteiger partial charge in [0.25, 0.3) is 0 Å². The van der Waals surface area contributed by atoms with Crippen LogP contribution in [-0.2, 0) is 0 Å². The lowest BCUT2D eigenvalue weighted by Gasteiger charge is -2.12. The molecule has 0 radical (unpaired) electrons. The van der Waals surface area contributed by atoms with Gasteiger partial charge in [0, 0.05) is 5.56 Å². The lowest BCUT2D eigenvalue weighted by molar-refractivity contribution is 0.571. The van der Waals surface area contributed by atoms with E-state index in [1.807, 2.05) is 13.8 Å². The standard InChI is InChI=1S/C13H15NO.C2H6/c1-9(2)11-5-4-6-12(10(11)3)13-7-14-8-15-13;1-2/h4-9H,1-3H3;1-2H3. The summed E-state index contributed by atoms with van der Waals surface area (Å²) in [6.45, 7) is 10.5. The van der Waals surface area contributed by atoms with Gasteiger partial charge in [0.2, 0.25) is 0 Å². The molecule has 0 aliphatic heterocycles. The van der Waals surface area contributed by atoms with Gasteiger partial charge in [-0.15, -0.1) is 0 Å². The Hall–Kier alpha value is -1.57. The molecule has 2 nitrogen and oxygen atoms in total. The maximum absolute atomic E-state index is 5.32. The number of hydrogen-bond donors (Lipinski definition) is 0. The van der Waals surface area contributed by atoms with Crippen LogP contribution in [0.15, 0.2) is 35.2 Å². The summed E-state index contributed by atoms with van der Waals surface area (Å²) in [6, 6.07) is 6.31. The van der Waals surface area contributed by atoms with Crippen molar-refractivity contribution >= 4 is 0 Å². The van der Waals surface area contributed by atoms with E-state index in [4.69, 9.17) is 4.42 Å². The molecule has 2 rings (SSSR count). The van der Waals surface area contributed by atoms with E-state index in [1.54, 1.807) is 6.20 Å². The normalized spacial score (nSPS) is 10.0. The van der Waals surface area contributed by atoms with Gasteiger partial charge in [0.05, 0.1) is 6.20 Å². The molecule has 2 heteroatoms. The molecule has 0 unspecified atom stereocenters. The summed E-state index contributed by atoms with van der Waals surface area (Å²) in [5, 5.41) is 0. The van der Waals surface area contributed by atoms with E-state index >= 15 is 0 Å². The van der Waals surface area contributed by atoms with Crippen LogP contribution in [-0.4, -0.2) is 4.98 Å². The molecule has 2 aromatic rings. The Kier molecular flexibility index (Phi) is 4.95. The lowest BCUT2D eigenvalue weighted by Crippen LogP contribution is -1.93. The summed E-state index contributed by atoms with van der Waals surface area (Å²) in [5.74, 6) is 1.38. The zero-order valence-electron chi connectivity index (χ0n) is 11.3. The van der Waals surface area contributed by atoms with Crippen LogP contribution in [0.1, 0.15) is 44.7 Å². The second-order valence-electron chi connectivity index (χ2n) is 4.04. The zero-order chi connectivity index (χ0) is 12.8. The van der Waals surface area contributed by atoms with Crippen LogP contribution in [0.4, 0.5) is 0 Å². The lowest BCUT2D eigenvalue weighted by atomic mass is 9.94. The molecule has 1 aromatic carbocycles. The maximum atomic E-state index is 5.32. The summed E-state index contributed by atoms with van der Waals surface area (Å²) in [7, 11) is 0. The number of benzene rings is 1. The fraction of sp³-hybridized carbons (Fsp3) is 0.400. The minimum Gasteiger partial charge on any atom is -0.444 e. The molecule has 0 saturated carbocycles. The van der Waals surface area contributed by atoms with Gasteiger partial charge in [0.1, 0.15) is 0 Å². The summed E-state index contributed by atoms with van der Waals surface area (Å²) in [5.41, 5.74) is 3.78. The first-order valence-electron chi connectivity index (χ1n) is 6.18. The highest BCUT2D eigenvalue weighted by atomic mass is 16.3. The van der Waals surface area contributed by atoms with E-state index in [9.17, 15) is 0 Å². The Morgan fingerprint density at radius 1 is 1.18 bits per heavy atom. The molecule has 17 heavy (non-hydrogen) atoms. The van der Waals surface area contributed by atoms with Crippen molar-refractivity contribution in [3.8, 4) is 11.3 Å². The van der Waals surface area contributed by atoms with Gasteiger partial charge in [-0.25, -0.2) is 4.98 Å². The van der Waals surface area contributed by atoms with Gasteiger partial charge in [0.15, 0.2) is 12.2 Å². The molecule has 0 aliphatic rings. The van der Waals surface area contributed by atoms with Crippen LogP contribution in [0.25, 0.3) is 11.3 Å². The topological polar surface area (TPSA) is 26.0 Å². The molecule has 0 saturated heterocycles. The summed E-state index contributed by atoms with van der Waals surface area (Å²) in [6.07, 6.45) is 3.23. The van der Waals surface area contributed by atoms with Crippen LogP contribution in [0, 0.1) is 6.92 Å². The molecule has 0 aliphatic carbocycles. The molecule has 0 N–H and O–H groups in total. The molecule has 1 aromatic heterocycles. The molecule has 0 bridgehead atoms. The third kappa shape index (κ3) is 2.96. The molecular formula is C15H21NO. The molecule has 0 atom stereocenters. The zero-order valence-corrected chi connectivity index (χ0v) is 11.3. The molecule has 0 fully saturated rings. The van der Waals surface area contributed by atoms with Crippen molar-refractivity contribution in [2.75, 3.05) is 0 Å². The maximum Gasteiger partial charge on any atom is 0.181 e. The van der Waals surface area contributed by atoms with Crippen molar-refractivity contribution in [2.24, 2.45) is 0 Å². The highest BCUT2D eigenvalue weighted by molar-refractivity contribution is 5.63. The summed E-state index contributed by atoms with van der Waals surface area (Å²) in [4.78, 5) is 3.95. The Balaban J connectivity index is 0.000000686. The predicted octanol–water partition coefficient (Wildman–Crippen LogP) is 4.80. The smallest absolute Gasteiger partial charge is 0.181 e. The second-order valence-corrected chi connectivity index (χ2v) is 4.04. The van der Waals surface area contributed by atoms with E-state index in [1.165, 1.54) is 17.5 Å². The third-order valence-corrected chi connectivity index (χ3v) is 2.70. The Morgan fingerprint density at radius 2 is 1.88 bits per heavy atom.